The molecule has 1 aromatic heterocycles. The lowest BCUT2D eigenvalue weighted by atomic mass is 10.0. The van der Waals surface area contributed by atoms with E-state index in [9.17, 15) is 9.18 Å². The van der Waals surface area contributed by atoms with Crippen LogP contribution in [0, 0.1) is 35.9 Å². The second-order valence-electron chi connectivity index (χ2n) is 7.01. The van der Waals surface area contributed by atoms with Gasteiger partial charge in [0.25, 0.3) is 5.91 Å². The van der Waals surface area contributed by atoms with Gasteiger partial charge in [-0.2, -0.15) is 5.26 Å². The molecule has 1 amide bonds. The highest BCUT2D eigenvalue weighted by atomic mass is 19.1. The third-order valence-corrected chi connectivity index (χ3v) is 4.22. The van der Waals surface area contributed by atoms with E-state index in [2.05, 4.69) is 28.2 Å². The zero-order chi connectivity index (χ0) is 20.3. The number of fused-ring (bicyclic) bond motifs is 1. The van der Waals surface area contributed by atoms with E-state index in [4.69, 9.17) is 5.26 Å². The molecule has 4 nitrogen and oxygen atoms in total. The van der Waals surface area contributed by atoms with Crippen LogP contribution in [0.3, 0.4) is 0 Å². The molecule has 0 spiro atoms. The van der Waals surface area contributed by atoms with Crippen LogP contribution in [0.2, 0.25) is 0 Å². The highest BCUT2D eigenvalue weighted by molar-refractivity contribution is 5.97. The van der Waals surface area contributed by atoms with E-state index in [1.165, 1.54) is 12.3 Å². The Morgan fingerprint density at radius 3 is 2.71 bits per heavy atom. The Labute approximate surface area is 163 Å². The molecule has 28 heavy (non-hydrogen) atoms. The lowest BCUT2D eigenvalue weighted by molar-refractivity contribution is 0.0929. The first-order chi connectivity index (χ1) is 13.3. The fourth-order valence-corrected chi connectivity index (χ4v) is 2.73. The maximum absolute atomic E-state index is 13.7. The Hall–Kier alpha value is -3.70. The lowest BCUT2D eigenvalue weighted by Gasteiger charge is -2.20. The van der Waals surface area contributed by atoms with Gasteiger partial charge in [0.1, 0.15) is 11.3 Å². The number of aryl methyl sites for hydroxylation is 1. The molecule has 3 rings (SSSR count). The Morgan fingerprint density at radius 2 is 2.00 bits per heavy atom. The van der Waals surface area contributed by atoms with Crippen molar-refractivity contribution in [3.63, 3.8) is 0 Å². The zero-order valence-corrected chi connectivity index (χ0v) is 15.8. The smallest absolute Gasteiger partial charge is 0.254 e. The van der Waals surface area contributed by atoms with Gasteiger partial charge in [-0.05, 0) is 56.7 Å². The highest BCUT2D eigenvalue weighted by Crippen LogP contribution is 2.17. The topological polar surface area (TPSA) is 65.8 Å². The van der Waals surface area contributed by atoms with Gasteiger partial charge in [0.15, 0.2) is 0 Å². The van der Waals surface area contributed by atoms with Crippen LogP contribution in [-0.4, -0.2) is 16.4 Å². The van der Waals surface area contributed by atoms with Crippen LogP contribution in [0.1, 0.15) is 40.9 Å². The van der Waals surface area contributed by atoms with Gasteiger partial charge < -0.3 is 5.32 Å². The maximum atomic E-state index is 13.7. The lowest BCUT2D eigenvalue weighted by Crippen LogP contribution is -2.42. The monoisotopic (exact) mass is 371 g/mol. The molecule has 0 saturated carbocycles. The Kier molecular flexibility index (Phi) is 5.11. The predicted octanol–water partition coefficient (Wildman–Crippen LogP) is 4.11. The van der Waals surface area contributed by atoms with Gasteiger partial charge in [0, 0.05) is 17.1 Å². The van der Waals surface area contributed by atoms with Crippen LogP contribution in [0.15, 0.2) is 48.7 Å². The standard InChI is InChI=1S/C23H18FN3O/c1-15-11-16(13-25)7-8-17(15)9-10-23(2,3)27-22(28)19-12-18-5-4-6-20(24)21(18)26-14-19/h4-8,11-12,14H,1-3H3,(H,27,28). The number of nitrogens with zero attached hydrogens (tertiary/aromatic N) is 2. The number of pyridine rings is 1. The van der Waals surface area contributed by atoms with Gasteiger partial charge in [-0.1, -0.05) is 24.0 Å². The maximum Gasteiger partial charge on any atom is 0.254 e. The summed E-state index contributed by atoms with van der Waals surface area (Å²) >= 11 is 0. The molecule has 0 aliphatic heterocycles. The summed E-state index contributed by atoms with van der Waals surface area (Å²) in [6.07, 6.45) is 1.36. The van der Waals surface area contributed by atoms with Crippen molar-refractivity contribution in [3.05, 3.63) is 76.7 Å². The Bertz CT molecular complexity index is 1180. The third-order valence-electron chi connectivity index (χ3n) is 4.22. The minimum Gasteiger partial charge on any atom is -0.336 e. The first-order valence-corrected chi connectivity index (χ1v) is 8.70. The van der Waals surface area contributed by atoms with Crippen LogP contribution in [0.5, 0.6) is 0 Å². The van der Waals surface area contributed by atoms with Crippen molar-refractivity contribution in [1.82, 2.24) is 10.3 Å². The van der Waals surface area contributed by atoms with Crippen molar-refractivity contribution < 1.29 is 9.18 Å². The number of benzene rings is 2. The number of amides is 1. The van der Waals surface area contributed by atoms with Gasteiger partial charge in [-0.3, -0.25) is 9.78 Å². The average molecular weight is 371 g/mol. The summed E-state index contributed by atoms with van der Waals surface area (Å²) in [5.41, 5.74) is 2.04. The molecule has 2 aromatic carbocycles. The molecule has 0 atom stereocenters. The van der Waals surface area contributed by atoms with Crippen molar-refractivity contribution in [1.29, 1.82) is 5.26 Å². The van der Waals surface area contributed by atoms with Crippen LogP contribution < -0.4 is 5.32 Å². The van der Waals surface area contributed by atoms with Crippen molar-refractivity contribution >= 4 is 16.8 Å². The first kappa shape index (κ1) is 19.1. The molecule has 0 radical (unpaired) electrons. The molecule has 138 valence electrons. The van der Waals surface area contributed by atoms with Gasteiger partial charge in [-0.15, -0.1) is 0 Å². The summed E-state index contributed by atoms with van der Waals surface area (Å²) in [5, 5.41) is 12.4. The average Bonchev–Trinajstić information content (AvgIpc) is 2.66. The quantitative estimate of drug-likeness (QED) is 0.689. The van der Waals surface area contributed by atoms with Gasteiger partial charge in [-0.25, -0.2) is 4.39 Å². The van der Waals surface area contributed by atoms with Crippen molar-refractivity contribution in [3.8, 4) is 17.9 Å². The largest absolute Gasteiger partial charge is 0.336 e. The number of aromatic nitrogens is 1. The van der Waals surface area contributed by atoms with E-state index >= 15 is 0 Å². The number of hydrogen-bond acceptors (Lipinski definition) is 3. The minimum atomic E-state index is -0.797. The summed E-state index contributed by atoms with van der Waals surface area (Å²) in [6.45, 7) is 5.48. The summed E-state index contributed by atoms with van der Waals surface area (Å²) in [5.74, 6) is 5.35. The first-order valence-electron chi connectivity index (χ1n) is 8.70. The molecule has 0 bridgehead atoms. The molecule has 1 heterocycles. The molecule has 5 heteroatoms. The summed E-state index contributed by atoms with van der Waals surface area (Å²) < 4.78 is 13.7. The number of carbonyl (C=O) groups excluding carboxylic acids is 1. The number of nitrogens with one attached hydrogen (secondary N) is 1. The number of halogens is 1. The molecule has 0 aliphatic carbocycles. The van der Waals surface area contributed by atoms with E-state index in [-0.39, 0.29) is 11.4 Å². The molecule has 3 aromatic rings. The van der Waals surface area contributed by atoms with Crippen molar-refractivity contribution in [2.75, 3.05) is 0 Å². The van der Waals surface area contributed by atoms with E-state index in [1.807, 2.05) is 6.92 Å². The van der Waals surface area contributed by atoms with Crippen LogP contribution >= 0.6 is 0 Å². The number of nitriles is 1. The molecule has 0 aliphatic rings. The van der Waals surface area contributed by atoms with Crippen LogP contribution in [-0.2, 0) is 0 Å². The fourth-order valence-electron chi connectivity index (χ4n) is 2.73. The Morgan fingerprint density at radius 1 is 1.21 bits per heavy atom. The number of rotatable bonds is 2. The second kappa shape index (κ2) is 7.50. The van der Waals surface area contributed by atoms with E-state index in [0.29, 0.717) is 16.5 Å². The van der Waals surface area contributed by atoms with Crippen LogP contribution in [0.4, 0.5) is 4.39 Å². The van der Waals surface area contributed by atoms with E-state index in [1.54, 1.807) is 50.2 Å². The zero-order valence-electron chi connectivity index (χ0n) is 15.8. The molecule has 0 fully saturated rings. The Balaban J connectivity index is 1.81. The van der Waals surface area contributed by atoms with Crippen LogP contribution in [0.25, 0.3) is 10.9 Å². The van der Waals surface area contributed by atoms with Crippen molar-refractivity contribution in [2.24, 2.45) is 0 Å². The summed E-state index contributed by atoms with van der Waals surface area (Å²) in [7, 11) is 0. The molecular weight excluding hydrogens is 353 g/mol. The number of para-hydroxylation sites is 1. The fraction of sp³-hybridized carbons (Fsp3) is 0.174. The van der Waals surface area contributed by atoms with Gasteiger partial charge in [0.2, 0.25) is 0 Å². The number of carbonyl (C=O) groups is 1. The van der Waals surface area contributed by atoms with E-state index < -0.39 is 11.4 Å². The second-order valence-corrected chi connectivity index (χ2v) is 7.01. The SMILES string of the molecule is Cc1cc(C#N)ccc1C#CC(C)(C)NC(=O)c1cnc2c(F)cccc2c1. The summed E-state index contributed by atoms with van der Waals surface area (Å²) in [4.78, 5) is 16.7. The van der Waals surface area contributed by atoms with E-state index in [0.717, 1.165) is 11.1 Å². The highest BCUT2D eigenvalue weighted by Gasteiger charge is 2.19. The molecule has 0 saturated heterocycles. The number of hydrogen-bond donors (Lipinski definition) is 1. The minimum absolute atomic E-state index is 0.231. The predicted molar refractivity (Wildman–Crippen MR) is 106 cm³/mol. The van der Waals surface area contributed by atoms with Gasteiger partial charge in [0.05, 0.1) is 22.7 Å². The third kappa shape index (κ3) is 4.16. The van der Waals surface area contributed by atoms with Gasteiger partial charge >= 0.3 is 0 Å². The van der Waals surface area contributed by atoms with Crippen molar-refractivity contribution in [2.45, 2.75) is 26.3 Å². The molecular formula is C23H18FN3O. The molecule has 0 unspecified atom stereocenters. The summed E-state index contributed by atoms with van der Waals surface area (Å²) in [6, 6.07) is 13.6. The normalized spacial score (nSPS) is 10.7. The molecule has 1 N–H and O–H groups in total.